The van der Waals surface area contributed by atoms with E-state index in [2.05, 4.69) is 11.9 Å². The summed E-state index contributed by atoms with van der Waals surface area (Å²) < 4.78 is 0. The first-order valence-corrected chi connectivity index (χ1v) is 8.51. The lowest BCUT2D eigenvalue weighted by atomic mass is 10.1. The van der Waals surface area contributed by atoms with Gasteiger partial charge in [0.1, 0.15) is 10.8 Å². The third-order valence-electron chi connectivity index (χ3n) is 3.55. The second-order valence-electron chi connectivity index (χ2n) is 5.08. The van der Waals surface area contributed by atoms with Gasteiger partial charge in [-0.15, -0.1) is 23.5 Å². The van der Waals surface area contributed by atoms with Crippen LogP contribution in [0.4, 0.5) is 0 Å². The van der Waals surface area contributed by atoms with Gasteiger partial charge in [0.05, 0.1) is 11.4 Å². The molecular weight excluding hydrogens is 276 g/mol. The van der Waals surface area contributed by atoms with Crippen LogP contribution in [-0.4, -0.2) is 51.6 Å². The molecule has 2 atom stereocenters. The smallest absolute Gasteiger partial charge is 0.125 e. The average molecular weight is 294 g/mol. The van der Waals surface area contributed by atoms with Crippen molar-refractivity contribution in [1.82, 2.24) is 4.90 Å². The number of hydrogen-bond acceptors (Lipinski definition) is 5. The molecule has 2 heterocycles. The molecule has 3 rings (SSSR count). The van der Waals surface area contributed by atoms with E-state index in [1.165, 1.54) is 5.75 Å². The van der Waals surface area contributed by atoms with E-state index in [-0.39, 0.29) is 0 Å². The monoisotopic (exact) mass is 294 g/mol. The van der Waals surface area contributed by atoms with Gasteiger partial charge in [0.2, 0.25) is 0 Å². The molecule has 1 saturated heterocycles. The molecule has 0 aromatic heterocycles. The normalized spacial score (nSPS) is 27.8. The van der Waals surface area contributed by atoms with Gasteiger partial charge in [-0.2, -0.15) is 0 Å². The maximum absolute atomic E-state index is 9.99. The number of hydrogen-bond donors (Lipinski definition) is 1. The summed E-state index contributed by atoms with van der Waals surface area (Å²) in [5.41, 5.74) is 2.05. The van der Waals surface area contributed by atoms with Crippen LogP contribution in [0.5, 0.6) is 5.75 Å². The highest BCUT2D eigenvalue weighted by Crippen LogP contribution is 2.35. The number of phenolic OH excluding ortho intramolecular Hbond substituents is 1. The van der Waals surface area contributed by atoms with Crippen LogP contribution in [-0.2, 0) is 0 Å². The van der Waals surface area contributed by atoms with Crippen LogP contribution in [0.25, 0.3) is 0 Å². The summed E-state index contributed by atoms with van der Waals surface area (Å²) in [6, 6.07) is 6.06. The number of aryl methyl sites for hydroxylation is 1. The van der Waals surface area contributed by atoms with Crippen molar-refractivity contribution in [2.45, 2.75) is 18.3 Å². The summed E-state index contributed by atoms with van der Waals surface area (Å²) in [5.74, 6) is 2.55. The Morgan fingerprint density at radius 1 is 1.42 bits per heavy atom. The average Bonchev–Trinajstić information content (AvgIpc) is 3.00. The van der Waals surface area contributed by atoms with Crippen molar-refractivity contribution in [2.24, 2.45) is 4.99 Å². The minimum atomic E-state index is 0.338. The van der Waals surface area contributed by atoms with E-state index in [1.54, 1.807) is 17.8 Å². The minimum Gasteiger partial charge on any atom is -0.507 e. The lowest BCUT2D eigenvalue weighted by Gasteiger charge is -2.21. The van der Waals surface area contributed by atoms with Gasteiger partial charge in [-0.05, 0) is 26.1 Å². The number of aliphatic imine (C=N–C) groups is 1. The zero-order chi connectivity index (χ0) is 13.4. The number of aromatic hydroxyl groups is 1. The van der Waals surface area contributed by atoms with Gasteiger partial charge in [-0.25, -0.2) is 0 Å². The standard InChI is InChI=1S/C14H18N2OS2/c1-9-3-4-12(17)10(7-9)13-15-11(8-19-13)14-16(2)5-6-18-14/h3-4,7,11,14,17H,5-6,8H2,1-2H3. The summed E-state index contributed by atoms with van der Waals surface area (Å²) in [7, 11) is 2.17. The van der Waals surface area contributed by atoms with E-state index in [4.69, 9.17) is 4.99 Å². The molecule has 1 aromatic rings. The minimum absolute atomic E-state index is 0.338. The van der Waals surface area contributed by atoms with E-state index >= 15 is 0 Å². The fraction of sp³-hybridized carbons (Fsp3) is 0.500. The summed E-state index contributed by atoms with van der Waals surface area (Å²) in [4.78, 5) is 7.24. The lowest BCUT2D eigenvalue weighted by molar-refractivity contribution is 0.328. The number of thioether (sulfide) groups is 2. The molecule has 0 spiro atoms. The van der Waals surface area contributed by atoms with Gasteiger partial charge in [0.25, 0.3) is 0 Å². The van der Waals surface area contributed by atoms with E-state index in [9.17, 15) is 5.11 Å². The van der Waals surface area contributed by atoms with Crippen molar-refractivity contribution in [3.63, 3.8) is 0 Å². The van der Waals surface area contributed by atoms with Crippen LogP contribution in [0.2, 0.25) is 0 Å². The first-order chi connectivity index (χ1) is 9.15. The zero-order valence-corrected chi connectivity index (χ0v) is 12.8. The number of benzene rings is 1. The molecule has 0 saturated carbocycles. The van der Waals surface area contributed by atoms with Crippen LogP contribution in [0, 0.1) is 6.92 Å². The van der Waals surface area contributed by atoms with Crippen molar-refractivity contribution in [1.29, 1.82) is 0 Å². The van der Waals surface area contributed by atoms with Gasteiger partial charge in [-0.1, -0.05) is 11.6 Å². The highest BCUT2D eigenvalue weighted by molar-refractivity contribution is 8.14. The van der Waals surface area contributed by atoms with Gasteiger partial charge in [0.15, 0.2) is 0 Å². The van der Waals surface area contributed by atoms with Crippen molar-refractivity contribution < 1.29 is 5.11 Å². The van der Waals surface area contributed by atoms with E-state index in [0.29, 0.717) is 17.2 Å². The predicted molar refractivity (Wildman–Crippen MR) is 84.5 cm³/mol. The first-order valence-electron chi connectivity index (χ1n) is 6.47. The third-order valence-corrected chi connectivity index (χ3v) is 6.09. The van der Waals surface area contributed by atoms with E-state index in [1.807, 2.05) is 30.8 Å². The number of rotatable bonds is 2. The fourth-order valence-corrected chi connectivity index (χ4v) is 5.09. The van der Waals surface area contributed by atoms with Crippen molar-refractivity contribution in [3.05, 3.63) is 29.3 Å². The third kappa shape index (κ3) is 2.64. The molecule has 1 N–H and O–H groups in total. The lowest BCUT2D eigenvalue weighted by Crippen LogP contribution is -2.33. The molecule has 5 heteroatoms. The molecule has 0 radical (unpaired) electrons. The Morgan fingerprint density at radius 3 is 3.00 bits per heavy atom. The van der Waals surface area contributed by atoms with Gasteiger partial charge >= 0.3 is 0 Å². The molecule has 19 heavy (non-hydrogen) atoms. The molecule has 0 aliphatic carbocycles. The summed E-state index contributed by atoms with van der Waals surface area (Å²) >= 11 is 3.76. The summed E-state index contributed by atoms with van der Waals surface area (Å²) in [5, 5.41) is 11.5. The van der Waals surface area contributed by atoms with Crippen LogP contribution in [0.1, 0.15) is 11.1 Å². The molecule has 1 fully saturated rings. The van der Waals surface area contributed by atoms with Gasteiger partial charge in [-0.3, -0.25) is 9.89 Å². The highest BCUT2D eigenvalue weighted by atomic mass is 32.2. The highest BCUT2D eigenvalue weighted by Gasteiger charge is 2.33. The topological polar surface area (TPSA) is 35.8 Å². The van der Waals surface area contributed by atoms with E-state index in [0.717, 1.165) is 28.5 Å². The molecule has 2 aliphatic rings. The second-order valence-corrected chi connectivity index (χ2v) is 7.31. The van der Waals surface area contributed by atoms with E-state index < -0.39 is 0 Å². The Bertz CT molecular complexity index is 518. The predicted octanol–water partition coefficient (Wildman–Crippen LogP) is 2.57. The molecule has 1 aromatic carbocycles. The van der Waals surface area contributed by atoms with Crippen molar-refractivity contribution in [2.75, 3.05) is 25.1 Å². The number of phenols is 1. The molecule has 2 aliphatic heterocycles. The summed E-state index contributed by atoms with van der Waals surface area (Å²) in [6.45, 7) is 3.19. The van der Waals surface area contributed by atoms with Crippen molar-refractivity contribution in [3.8, 4) is 5.75 Å². The summed E-state index contributed by atoms with van der Waals surface area (Å²) in [6.07, 6.45) is 0. The Morgan fingerprint density at radius 2 is 2.26 bits per heavy atom. The maximum atomic E-state index is 9.99. The largest absolute Gasteiger partial charge is 0.507 e. The van der Waals surface area contributed by atoms with Gasteiger partial charge in [0, 0.05) is 23.6 Å². The Balaban J connectivity index is 1.84. The maximum Gasteiger partial charge on any atom is 0.125 e. The Hall–Kier alpha value is -0.650. The SMILES string of the molecule is Cc1ccc(O)c(C2=NC(C3SCCN3C)CS2)c1. The van der Waals surface area contributed by atoms with Crippen LogP contribution in [0.3, 0.4) is 0 Å². The molecule has 102 valence electrons. The number of nitrogens with zero attached hydrogens (tertiary/aromatic N) is 2. The van der Waals surface area contributed by atoms with Crippen LogP contribution in [0.15, 0.2) is 23.2 Å². The second kappa shape index (κ2) is 5.38. The Labute approximate surface area is 122 Å². The zero-order valence-electron chi connectivity index (χ0n) is 11.2. The number of likely N-dealkylation sites (N-methyl/N-ethyl adjacent to an activating group) is 1. The molecule has 0 bridgehead atoms. The quantitative estimate of drug-likeness (QED) is 0.909. The molecule has 0 amide bonds. The molecule has 3 nitrogen and oxygen atoms in total. The fourth-order valence-electron chi connectivity index (χ4n) is 2.48. The van der Waals surface area contributed by atoms with Crippen LogP contribution < -0.4 is 0 Å². The first kappa shape index (κ1) is 13.3. The molecule has 2 unspecified atom stereocenters. The van der Waals surface area contributed by atoms with Crippen LogP contribution >= 0.6 is 23.5 Å². The molecular formula is C14H18N2OS2. The van der Waals surface area contributed by atoms with Gasteiger partial charge < -0.3 is 5.11 Å². The Kier molecular flexibility index (Phi) is 3.78. The van der Waals surface area contributed by atoms with Crippen molar-refractivity contribution >= 4 is 28.6 Å².